The van der Waals surface area contributed by atoms with Crippen LogP contribution in [0.1, 0.15) is 23.7 Å². The Morgan fingerprint density at radius 3 is 2.81 bits per heavy atom. The first-order valence-corrected chi connectivity index (χ1v) is 6.59. The van der Waals surface area contributed by atoms with Crippen molar-refractivity contribution in [1.29, 1.82) is 5.26 Å². The van der Waals surface area contributed by atoms with E-state index in [1.165, 1.54) is 11.0 Å². The maximum atomic E-state index is 11.7. The summed E-state index contributed by atoms with van der Waals surface area (Å²) >= 11 is 0. The van der Waals surface area contributed by atoms with Gasteiger partial charge in [0.2, 0.25) is 0 Å². The van der Waals surface area contributed by atoms with Crippen LogP contribution in [-0.4, -0.2) is 43.6 Å². The van der Waals surface area contributed by atoms with Crippen LogP contribution in [0.2, 0.25) is 0 Å². The van der Waals surface area contributed by atoms with Crippen LogP contribution in [0.3, 0.4) is 0 Å². The van der Waals surface area contributed by atoms with Crippen LogP contribution in [0.5, 0.6) is 5.75 Å². The highest BCUT2D eigenvalue weighted by Gasteiger charge is 2.11. The van der Waals surface area contributed by atoms with Gasteiger partial charge in [-0.05, 0) is 25.1 Å². The van der Waals surface area contributed by atoms with Crippen molar-refractivity contribution in [3.05, 3.63) is 29.8 Å². The summed E-state index contributed by atoms with van der Waals surface area (Å²) in [6, 6.07) is 8.43. The van der Waals surface area contributed by atoms with Crippen molar-refractivity contribution < 1.29 is 19.1 Å². The molecule has 0 bridgehead atoms. The molecule has 0 spiro atoms. The van der Waals surface area contributed by atoms with Gasteiger partial charge in [-0.2, -0.15) is 5.26 Å². The van der Waals surface area contributed by atoms with Gasteiger partial charge in [-0.15, -0.1) is 0 Å². The lowest BCUT2D eigenvalue weighted by Crippen LogP contribution is -2.32. The van der Waals surface area contributed by atoms with Crippen molar-refractivity contribution in [2.45, 2.75) is 13.3 Å². The lowest BCUT2D eigenvalue weighted by atomic mass is 10.2. The van der Waals surface area contributed by atoms with E-state index in [2.05, 4.69) is 0 Å². The number of nitrogens with zero attached hydrogens (tertiary/aromatic N) is 2. The molecule has 1 aromatic carbocycles. The number of hydrogen-bond acceptors (Lipinski definition) is 5. The normalized spacial score (nSPS) is 9.57. The molecule has 21 heavy (non-hydrogen) atoms. The number of likely N-dealkylation sites (N-methyl/N-ethyl adjacent to an activating group) is 1. The molecule has 0 fully saturated rings. The number of nitriles is 1. The van der Waals surface area contributed by atoms with E-state index in [4.69, 9.17) is 14.7 Å². The average Bonchev–Trinajstić information content (AvgIpc) is 2.50. The van der Waals surface area contributed by atoms with E-state index in [1.807, 2.05) is 6.07 Å². The molecule has 1 amide bonds. The monoisotopic (exact) mass is 290 g/mol. The Morgan fingerprint density at radius 1 is 1.38 bits per heavy atom. The number of carbonyl (C=O) groups is 2. The van der Waals surface area contributed by atoms with Gasteiger partial charge in [0.05, 0.1) is 24.7 Å². The molecule has 1 aromatic rings. The molecular formula is C15H18N2O4. The van der Waals surface area contributed by atoms with Crippen LogP contribution in [-0.2, 0) is 9.53 Å². The number of benzene rings is 1. The Balaban J connectivity index is 2.56. The van der Waals surface area contributed by atoms with E-state index in [9.17, 15) is 9.59 Å². The van der Waals surface area contributed by atoms with Gasteiger partial charge >= 0.3 is 5.97 Å². The third kappa shape index (κ3) is 5.53. The molecule has 0 aromatic heterocycles. The molecule has 6 heteroatoms. The molecule has 6 nitrogen and oxygen atoms in total. The predicted octanol–water partition coefficient (Wildman–Crippen LogP) is 1.61. The van der Waals surface area contributed by atoms with Gasteiger partial charge < -0.3 is 14.4 Å². The molecule has 0 saturated heterocycles. The van der Waals surface area contributed by atoms with Gasteiger partial charge in [0.25, 0.3) is 5.91 Å². The Labute approximate surface area is 123 Å². The third-order valence-corrected chi connectivity index (χ3v) is 2.69. The SMILES string of the molecule is CCOC(=O)c1cccc(OCC(=O)N(C)CCC#N)c1. The summed E-state index contributed by atoms with van der Waals surface area (Å²) in [6.45, 7) is 2.25. The van der Waals surface area contributed by atoms with Crippen LogP contribution in [0.15, 0.2) is 24.3 Å². The number of esters is 1. The molecule has 0 radical (unpaired) electrons. The highest BCUT2D eigenvalue weighted by atomic mass is 16.5. The smallest absolute Gasteiger partial charge is 0.338 e. The molecule has 0 aliphatic rings. The standard InChI is InChI=1S/C15H18N2O4/c1-3-20-15(19)12-6-4-7-13(10-12)21-11-14(18)17(2)9-5-8-16/h4,6-7,10H,3,5,9,11H2,1-2H3. The van der Waals surface area contributed by atoms with E-state index >= 15 is 0 Å². The maximum absolute atomic E-state index is 11.7. The van der Waals surface area contributed by atoms with Gasteiger partial charge in [0.15, 0.2) is 6.61 Å². The Bertz CT molecular complexity index is 537. The number of carbonyl (C=O) groups excluding carboxylic acids is 2. The van der Waals surface area contributed by atoms with Crippen LogP contribution in [0, 0.1) is 11.3 Å². The lowest BCUT2D eigenvalue weighted by molar-refractivity contribution is -0.131. The van der Waals surface area contributed by atoms with E-state index in [-0.39, 0.29) is 18.9 Å². The summed E-state index contributed by atoms with van der Waals surface area (Å²) in [7, 11) is 1.61. The van der Waals surface area contributed by atoms with Crippen LogP contribution in [0.4, 0.5) is 0 Å². The van der Waals surface area contributed by atoms with Crippen LogP contribution >= 0.6 is 0 Å². The molecule has 0 aliphatic heterocycles. The number of ether oxygens (including phenoxy) is 2. The molecule has 0 saturated carbocycles. The van der Waals surface area contributed by atoms with E-state index in [0.29, 0.717) is 24.5 Å². The number of hydrogen-bond donors (Lipinski definition) is 0. The first-order chi connectivity index (χ1) is 10.1. The minimum atomic E-state index is -0.430. The fraction of sp³-hybridized carbons (Fsp3) is 0.400. The molecule has 0 N–H and O–H groups in total. The van der Waals surface area contributed by atoms with Gasteiger partial charge in [0, 0.05) is 13.6 Å². The second kappa shape index (κ2) is 8.59. The summed E-state index contributed by atoms with van der Waals surface area (Å²) in [4.78, 5) is 24.8. The second-order valence-corrected chi connectivity index (χ2v) is 4.26. The molecule has 0 atom stereocenters. The lowest BCUT2D eigenvalue weighted by Gasteiger charge is -2.15. The zero-order chi connectivity index (χ0) is 15.7. The minimum absolute atomic E-state index is 0.145. The fourth-order valence-corrected chi connectivity index (χ4v) is 1.52. The van der Waals surface area contributed by atoms with E-state index in [0.717, 1.165) is 0 Å². The van der Waals surface area contributed by atoms with Crippen LogP contribution in [0.25, 0.3) is 0 Å². The first kappa shape index (κ1) is 16.5. The first-order valence-electron chi connectivity index (χ1n) is 6.59. The zero-order valence-corrected chi connectivity index (χ0v) is 12.2. The highest BCUT2D eigenvalue weighted by Crippen LogP contribution is 2.14. The molecule has 0 unspecified atom stereocenters. The average molecular weight is 290 g/mol. The van der Waals surface area contributed by atoms with Crippen molar-refractivity contribution in [1.82, 2.24) is 4.90 Å². The quantitative estimate of drug-likeness (QED) is 0.713. The molecule has 0 aliphatic carbocycles. The Kier molecular flexibility index (Phi) is 6.75. The zero-order valence-electron chi connectivity index (χ0n) is 12.2. The Morgan fingerprint density at radius 2 is 2.14 bits per heavy atom. The van der Waals surface area contributed by atoms with Crippen molar-refractivity contribution >= 4 is 11.9 Å². The minimum Gasteiger partial charge on any atom is -0.484 e. The topological polar surface area (TPSA) is 79.6 Å². The fourth-order valence-electron chi connectivity index (χ4n) is 1.52. The van der Waals surface area contributed by atoms with Gasteiger partial charge in [-0.1, -0.05) is 6.07 Å². The largest absolute Gasteiger partial charge is 0.484 e. The summed E-state index contributed by atoms with van der Waals surface area (Å²) in [5.41, 5.74) is 0.375. The summed E-state index contributed by atoms with van der Waals surface area (Å²) in [5.74, 6) is -0.241. The molecular weight excluding hydrogens is 272 g/mol. The van der Waals surface area contributed by atoms with Crippen molar-refractivity contribution in [3.8, 4) is 11.8 Å². The maximum Gasteiger partial charge on any atom is 0.338 e. The van der Waals surface area contributed by atoms with Crippen molar-refractivity contribution in [3.63, 3.8) is 0 Å². The molecule has 0 heterocycles. The molecule has 112 valence electrons. The summed E-state index contributed by atoms with van der Waals surface area (Å²) < 4.78 is 10.2. The van der Waals surface area contributed by atoms with Crippen LogP contribution < -0.4 is 4.74 Å². The highest BCUT2D eigenvalue weighted by molar-refractivity contribution is 5.89. The predicted molar refractivity (Wildman–Crippen MR) is 75.8 cm³/mol. The number of rotatable bonds is 7. The second-order valence-electron chi connectivity index (χ2n) is 4.26. The van der Waals surface area contributed by atoms with E-state index in [1.54, 1.807) is 32.2 Å². The van der Waals surface area contributed by atoms with E-state index < -0.39 is 5.97 Å². The van der Waals surface area contributed by atoms with Gasteiger partial charge in [-0.3, -0.25) is 4.79 Å². The van der Waals surface area contributed by atoms with Gasteiger partial charge in [-0.25, -0.2) is 4.79 Å². The third-order valence-electron chi connectivity index (χ3n) is 2.69. The van der Waals surface area contributed by atoms with Gasteiger partial charge in [0.1, 0.15) is 5.75 Å². The Hall–Kier alpha value is -2.55. The number of amides is 1. The van der Waals surface area contributed by atoms with Crippen molar-refractivity contribution in [2.24, 2.45) is 0 Å². The van der Waals surface area contributed by atoms with Crippen molar-refractivity contribution in [2.75, 3.05) is 26.8 Å². The summed E-state index contributed by atoms with van der Waals surface area (Å²) in [6.07, 6.45) is 0.278. The molecule has 1 rings (SSSR count). The summed E-state index contributed by atoms with van der Waals surface area (Å²) in [5, 5.41) is 8.47.